The number of ether oxygens (including phenoxy) is 1. The number of nitrogens with zero attached hydrogens (tertiary/aromatic N) is 2. The van der Waals surface area contributed by atoms with Gasteiger partial charge < -0.3 is 10.1 Å². The fourth-order valence-electron chi connectivity index (χ4n) is 1.60. The molecular formula is C16H21N3O. The van der Waals surface area contributed by atoms with E-state index in [0.717, 1.165) is 11.4 Å². The summed E-state index contributed by atoms with van der Waals surface area (Å²) < 4.78 is 5.70. The van der Waals surface area contributed by atoms with Crippen molar-refractivity contribution in [1.29, 1.82) is 0 Å². The van der Waals surface area contributed by atoms with E-state index in [9.17, 15) is 0 Å². The zero-order valence-corrected chi connectivity index (χ0v) is 12.5. The molecule has 0 amide bonds. The van der Waals surface area contributed by atoms with Gasteiger partial charge in [0.2, 0.25) is 5.88 Å². The molecule has 2 rings (SSSR count). The molecule has 4 nitrogen and oxygen atoms in total. The van der Waals surface area contributed by atoms with Gasteiger partial charge in [-0.1, -0.05) is 17.7 Å². The second-order valence-electron chi connectivity index (χ2n) is 5.87. The maximum atomic E-state index is 5.70. The first-order chi connectivity index (χ1) is 9.42. The summed E-state index contributed by atoms with van der Waals surface area (Å²) in [7, 11) is 0. The molecule has 0 spiro atoms. The number of aryl methyl sites for hydroxylation is 1. The minimum Gasteiger partial charge on any atom is -0.437 e. The second-order valence-corrected chi connectivity index (χ2v) is 5.87. The van der Waals surface area contributed by atoms with Crippen LogP contribution in [0, 0.1) is 6.92 Å². The predicted molar refractivity (Wildman–Crippen MR) is 79.9 cm³/mol. The van der Waals surface area contributed by atoms with Crippen molar-refractivity contribution in [1.82, 2.24) is 15.3 Å². The van der Waals surface area contributed by atoms with Gasteiger partial charge in [0.25, 0.3) is 0 Å². The van der Waals surface area contributed by atoms with E-state index in [-0.39, 0.29) is 5.54 Å². The lowest BCUT2D eigenvalue weighted by Gasteiger charge is -2.20. The molecule has 0 unspecified atom stereocenters. The second kappa shape index (κ2) is 6.01. The van der Waals surface area contributed by atoms with Crippen LogP contribution in [0.4, 0.5) is 0 Å². The Labute approximate surface area is 120 Å². The molecule has 0 saturated heterocycles. The van der Waals surface area contributed by atoms with Gasteiger partial charge in [-0.2, -0.15) is 0 Å². The molecule has 0 atom stereocenters. The Balaban J connectivity index is 2.04. The topological polar surface area (TPSA) is 47.0 Å². The summed E-state index contributed by atoms with van der Waals surface area (Å²) in [5.41, 5.74) is 2.12. The molecule has 106 valence electrons. The van der Waals surface area contributed by atoms with Crippen LogP contribution in [-0.2, 0) is 6.54 Å². The first-order valence-electron chi connectivity index (χ1n) is 6.73. The summed E-state index contributed by atoms with van der Waals surface area (Å²) in [6, 6.07) is 7.87. The Bertz CT molecular complexity index is 559. The number of nitrogens with one attached hydrogen (secondary N) is 1. The monoisotopic (exact) mass is 271 g/mol. The summed E-state index contributed by atoms with van der Waals surface area (Å²) in [6.07, 6.45) is 3.38. The Kier molecular flexibility index (Phi) is 4.35. The molecule has 1 aromatic carbocycles. The number of benzene rings is 1. The summed E-state index contributed by atoms with van der Waals surface area (Å²) in [5, 5.41) is 3.38. The van der Waals surface area contributed by atoms with Crippen molar-refractivity contribution in [2.24, 2.45) is 0 Å². The van der Waals surface area contributed by atoms with Crippen LogP contribution in [0.3, 0.4) is 0 Å². The van der Waals surface area contributed by atoms with Gasteiger partial charge in [0.05, 0.1) is 11.9 Å². The summed E-state index contributed by atoms with van der Waals surface area (Å²) >= 11 is 0. The van der Waals surface area contributed by atoms with Crippen LogP contribution >= 0.6 is 0 Å². The maximum Gasteiger partial charge on any atom is 0.238 e. The van der Waals surface area contributed by atoms with E-state index < -0.39 is 0 Å². The molecular weight excluding hydrogens is 250 g/mol. The molecule has 0 aliphatic carbocycles. The lowest BCUT2D eigenvalue weighted by atomic mass is 10.1. The molecule has 0 radical (unpaired) electrons. The molecule has 0 bridgehead atoms. The van der Waals surface area contributed by atoms with Gasteiger partial charge in [-0.25, -0.2) is 4.98 Å². The van der Waals surface area contributed by atoms with Crippen LogP contribution < -0.4 is 10.1 Å². The van der Waals surface area contributed by atoms with Crippen molar-refractivity contribution in [2.75, 3.05) is 0 Å². The van der Waals surface area contributed by atoms with Gasteiger partial charge in [-0.3, -0.25) is 4.98 Å². The van der Waals surface area contributed by atoms with E-state index in [2.05, 4.69) is 36.1 Å². The predicted octanol–water partition coefficient (Wildman–Crippen LogP) is 3.47. The van der Waals surface area contributed by atoms with Crippen molar-refractivity contribution in [2.45, 2.75) is 39.8 Å². The smallest absolute Gasteiger partial charge is 0.238 e. The molecule has 1 N–H and O–H groups in total. The fourth-order valence-corrected chi connectivity index (χ4v) is 1.60. The number of aromatic nitrogens is 2. The Hall–Kier alpha value is -1.94. The Morgan fingerprint density at radius 2 is 1.80 bits per heavy atom. The van der Waals surface area contributed by atoms with Crippen LogP contribution in [0.5, 0.6) is 11.6 Å². The van der Waals surface area contributed by atoms with E-state index in [1.54, 1.807) is 12.4 Å². The minimum atomic E-state index is 0.0511. The third-order valence-electron chi connectivity index (χ3n) is 2.71. The van der Waals surface area contributed by atoms with Crippen molar-refractivity contribution in [3.8, 4) is 11.6 Å². The standard InChI is InChI=1S/C16H21N3O/c1-12-5-7-14(8-6-12)20-15-11-17-9-13(19-15)10-18-16(2,3)4/h5-9,11,18H,10H2,1-4H3. The zero-order valence-electron chi connectivity index (χ0n) is 12.5. The highest BCUT2D eigenvalue weighted by atomic mass is 16.5. The van der Waals surface area contributed by atoms with E-state index >= 15 is 0 Å². The third kappa shape index (κ3) is 4.63. The molecule has 0 fully saturated rings. The zero-order chi connectivity index (χ0) is 14.6. The van der Waals surface area contributed by atoms with Crippen LogP contribution in [0.25, 0.3) is 0 Å². The van der Waals surface area contributed by atoms with Gasteiger partial charge in [0, 0.05) is 18.3 Å². The normalized spacial score (nSPS) is 11.4. The fraction of sp³-hybridized carbons (Fsp3) is 0.375. The molecule has 4 heteroatoms. The lowest BCUT2D eigenvalue weighted by Crippen LogP contribution is -2.35. The van der Waals surface area contributed by atoms with Crippen molar-refractivity contribution < 1.29 is 4.74 Å². The van der Waals surface area contributed by atoms with Crippen LogP contribution in [0.2, 0.25) is 0 Å². The molecule has 0 aliphatic heterocycles. The van der Waals surface area contributed by atoms with E-state index in [1.807, 2.05) is 31.2 Å². The van der Waals surface area contributed by atoms with Crippen LogP contribution in [0.1, 0.15) is 32.0 Å². The van der Waals surface area contributed by atoms with Crippen LogP contribution in [0.15, 0.2) is 36.7 Å². The first kappa shape index (κ1) is 14.5. The first-order valence-corrected chi connectivity index (χ1v) is 6.73. The van der Waals surface area contributed by atoms with Gasteiger partial charge in [0.1, 0.15) is 5.75 Å². The van der Waals surface area contributed by atoms with Crippen LogP contribution in [-0.4, -0.2) is 15.5 Å². The van der Waals surface area contributed by atoms with E-state index in [0.29, 0.717) is 12.4 Å². The summed E-state index contributed by atoms with van der Waals surface area (Å²) in [5.74, 6) is 1.29. The average Bonchev–Trinajstić information content (AvgIpc) is 2.39. The van der Waals surface area contributed by atoms with Crippen molar-refractivity contribution in [3.05, 3.63) is 47.9 Å². The summed E-state index contributed by atoms with van der Waals surface area (Å²) in [4.78, 5) is 8.62. The number of hydrogen-bond acceptors (Lipinski definition) is 4. The molecule has 20 heavy (non-hydrogen) atoms. The molecule has 2 aromatic rings. The Morgan fingerprint density at radius 3 is 2.45 bits per heavy atom. The molecule has 1 heterocycles. The molecule has 1 aromatic heterocycles. The van der Waals surface area contributed by atoms with Gasteiger partial charge in [-0.15, -0.1) is 0 Å². The average molecular weight is 271 g/mol. The van der Waals surface area contributed by atoms with E-state index in [1.165, 1.54) is 5.56 Å². The highest BCUT2D eigenvalue weighted by molar-refractivity contribution is 5.29. The lowest BCUT2D eigenvalue weighted by molar-refractivity contribution is 0.414. The van der Waals surface area contributed by atoms with Crippen molar-refractivity contribution >= 4 is 0 Å². The van der Waals surface area contributed by atoms with Gasteiger partial charge >= 0.3 is 0 Å². The number of hydrogen-bond donors (Lipinski definition) is 1. The molecule has 0 aliphatic rings. The maximum absolute atomic E-state index is 5.70. The summed E-state index contributed by atoms with van der Waals surface area (Å²) in [6.45, 7) is 9.07. The Morgan fingerprint density at radius 1 is 1.10 bits per heavy atom. The van der Waals surface area contributed by atoms with Gasteiger partial charge in [0.15, 0.2) is 0 Å². The number of rotatable bonds is 4. The minimum absolute atomic E-state index is 0.0511. The SMILES string of the molecule is Cc1ccc(Oc2cncc(CNC(C)(C)C)n2)cc1. The highest BCUT2D eigenvalue weighted by Gasteiger charge is 2.09. The third-order valence-corrected chi connectivity index (χ3v) is 2.71. The molecule has 0 saturated carbocycles. The quantitative estimate of drug-likeness (QED) is 0.925. The van der Waals surface area contributed by atoms with E-state index in [4.69, 9.17) is 4.74 Å². The van der Waals surface area contributed by atoms with Gasteiger partial charge in [-0.05, 0) is 39.8 Å². The highest BCUT2D eigenvalue weighted by Crippen LogP contribution is 2.19. The largest absolute Gasteiger partial charge is 0.437 e. The van der Waals surface area contributed by atoms with Crippen molar-refractivity contribution in [3.63, 3.8) is 0 Å².